The van der Waals surface area contributed by atoms with Gasteiger partial charge in [-0.2, -0.15) is 5.10 Å². The lowest BCUT2D eigenvalue weighted by molar-refractivity contribution is 0.902. The highest BCUT2D eigenvalue weighted by molar-refractivity contribution is 6.35. The Bertz CT molecular complexity index is 1210. The van der Waals surface area contributed by atoms with E-state index in [1.165, 1.54) is 0 Å². The number of benzene rings is 2. The van der Waals surface area contributed by atoms with Crippen LogP contribution in [0, 0.1) is 0 Å². The van der Waals surface area contributed by atoms with E-state index in [2.05, 4.69) is 5.10 Å². The predicted molar refractivity (Wildman–Crippen MR) is 113 cm³/mol. The Balaban J connectivity index is 1.92. The molecule has 0 radical (unpaired) electrons. The zero-order valence-corrected chi connectivity index (χ0v) is 15.7. The van der Waals surface area contributed by atoms with Crippen molar-refractivity contribution in [3.63, 3.8) is 0 Å². The van der Waals surface area contributed by atoms with Gasteiger partial charge in [0.15, 0.2) is 0 Å². The predicted octanol–water partition coefficient (Wildman–Crippen LogP) is 5.86. The molecule has 0 aliphatic carbocycles. The van der Waals surface area contributed by atoms with E-state index in [-0.39, 0.29) is 5.43 Å². The monoisotopic (exact) mass is 392 g/mol. The fraction of sp³-hybridized carbons (Fsp3) is 0. The van der Waals surface area contributed by atoms with E-state index >= 15 is 0 Å². The molecule has 0 N–H and O–H groups in total. The Hall–Kier alpha value is -2.88. The van der Waals surface area contributed by atoms with Crippen molar-refractivity contribution in [1.29, 1.82) is 0 Å². The smallest absolute Gasteiger partial charge is 0.204 e. The first-order valence-electron chi connectivity index (χ1n) is 8.34. The van der Waals surface area contributed by atoms with Crippen LogP contribution >= 0.6 is 23.2 Å². The summed E-state index contributed by atoms with van der Waals surface area (Å²) in [4.78, 5) is 12.6. The van der Waals surface area contributed by atoms with E-state index in [1.54, 1.807) is 28.9 Å². The van der Waals surface area contributed by atoms with Crippen molar-refractivity contribution < 1.29 is 0 Å². The van der Waals surface area contributed by atoms with Crippen molar-refractivity contribution >= 4 is 46.3 Å². The Morgan fingerprint density at radius 3 is 2.37 bits per heavy atom. The van der Waals surface area contributed by atoms with Crippen LogP contribution in [-0.2, 0) is 0 Å². The number of rotatable bonds is 3. The normalized spacial score (nSPS) is 11.3. The minimum atomic E-state index is -0.0875. The van der Waals surface area contributed by atoms with Crippen molar-refractivity contribution in [2.45, 2.75) is 0 Å². The average molecular weight is 393 g/mol. The zero-order chi connectivity index (χ0) is 18.8. The van der Waals surface area contributed by atoms with Crippen LogP contribution in [0.1, 0.15) is 11.3 Å². The van der Waals surface area contributed by atoms with E-state index in [4.69, 9.17) is 23.2 Å². The van der Waals surface area contributed by atoms with Gasteiger partial charge in [-0.05, 0) is 42.0 Å². The molecule has 4 rings (SSSR count). The molecule has 0 bridgehead atoms. The lowest BCUT2D eigenvalue weighted by atomic mass is 10.1. The second kappa shape index (κ2) is 7.39. The number of hydrogen-bond acceptors (Lipinski definition) is 2. The van der Waals surface area contributed by atoms with E-state index < -0.39 is 0 Å². The fourth-order valence-electron chi connectivity index (χ4n) is 2.91. The van der Waals surface area contributed by atoms with Gasteiger partial charge in [0.05, 0.1) is 11.4 Å². The highest BCUT2D eigenvalue weighted by atomic mass is 35.5. The Morgan fingerprint density at radius 2 is 1.59 bits per heavy atom. The molecule has 3 aromatic carbocycles. The van der Waals surface area contributed by atoms with E-state index in [1.807, 2.05) is 60.7 Å². The molecule has 1 aromatic heterocycles. The summed E-state index contributed by atoms with van der Waals surface area (Å²) in [6, 6.07) is 21.9. The molecule has 0 amide bonds. The first-order chi connectivity index (χ1) is 13.1. The van der Waals surface area contributed by atoms with Crippen molar-refractivity contribution in [3.8, 4) is 5.69 Å². The number of hydrogen-bond donors (Lipinski definition) is 0. The Labute approximate surface area is 166 Å². The van der Waals surface area contributed by atoms with Gasteiger partial charge in [0.25, 0.3) is 0 Å². The number of fused-ring (bicyclic) bond motifs is 1. The fourth-order valence-corrected chi connectivity index (χ4v) is 3.38. The molecule has 1 heterocycles. The molecule has 0 unspecified atom stereocenters. The molecule has 27 heavy (non-hydrogen) atoms. The molecule has 4 aromatic rings. The van der Waals surface area contributed by atoms with Gasteiger partial charge >= 0.3 is 0 Å². The minimum Gasteiger partial charge on any atom is -0.288 e. The van der Waals surface area contributed by atoms with Crippen molar-refractivity contribution in [2.75, 3.05) is 0 Å². The van der Waals surface area contributed by atoms with Crippen LogP contribution < -0.4 is 5.43 Å². The third kappa shape index (κ3) is 3.52. The van der Waals surface area contributed by atoms with E-state index in [0.29, 0.717) is 21.3 Å². The van der Waals surface area contributed by atoms with Crippen molar-refractivity contribution in [1.82, 2.24) is 9.78 Å². The molecule has 132 valence electrons. The highest BCUT2D eigenvalue weighted by Gasteiger charge is 2.12. The van der Waals surface area contributed by atoms with Gasteiger partial charge < -0.3 is 0 Å². The van der Waals surface area contributed by atoms with E-state index in [0.717, 1.165) is 16.6 Å². The quantitative estimate of drug-likeness (QED) is 0.437. The Morgan fingerprint density at radius 1 is 0.852 bits per heavy atom. The first kappa shape index (κ1) is 17.5. The summed E-state index contributed by atoms with van der Waals surface area (Å²) in [5.74, 6) is 0. The summed E-state index contributed by atoms with van der Waals surface area (Å²) in [6.45, 7) is 0. The first-order valence-corrected chi connectivity index (χ1v) is 9.10. The highest BCUT2D eigenvalue weighted by Crippen LogP contribution is 2.25. The van der Waals surface area contributed by atoms with Gasteiger partial charge in [0, 0.05) is 15.4 Å². The van der Waals surface area contributed by atoms with Crippen LogP contribution in [0.5, 0.6) is 0 Å². The van der Waals surface area contributed by atoms with Crippen LogP contribution in [0.2, 0.25) is 10.0 Å². The maximum atomic E-state index is 12.6. The molecule has 0 saturated heterocycles. The molecular weight excluding hydrogens is 379 g/mol. The molecule has 3 nitrogen and oxygen atoms in total. The second-order valence-electron chi connectivity index (χ2n) is 5.98. The van der Waals surface area contributed by atoms with Gasteiger partial charge in [-0.25, -0.2) is 4.68 Å². The largest absolute Gasteiger partial charge is 0.288 e. The third-order valence-corrected chi connectivity index (χ3v) is 4.75. The van der Waals surface area contributed by atoms with Gasteiger partial charge in [0.2, 0.25) is 5.43 Å². The zero-order valence-electron chi connectivity index (χ0n) is 14.1. The molecular formula is C22H14Cl2N2O. The van der Waals surface area contributed by atoms with Crippen molar-refractivity contribution in [2.24, 2.45) is 0 Å². The summed E-state index contributed by atoms with van der Waals surface area (Å²) in [5, 5.41) is 6.58. The molecule has 5 heteroatoms. The molecule has 0 aliphatic rings. The standard InChI is InChI=1S/C22H14Cl2N2O/c23-16-12-10-15(19(24)14-16)11-13-20-18-8-4-5-9-21(27)22(18)26(25-20)17-6-2-1-3-7-17/h1-14H/b13-11+. The number of aromatic nitrogens is 2. The van der Waals surface area contributed by atoms with Crippen LogP contribution in [0.3, 0.4) is 0 Å². The van der Waals surface area contributed by atoms with E-state index in [9.17, 15) is 4.79 Å². The molecule has 0 fully saturated rings. The maximum Gasteiger partial charge on any atom is 0.204 e. The SMILES string of the molecule is O=c1ccccc2c(/C=C/c3ccc(Cl)cc3Cl)nn(-c3ccccc3)c12. The number of halogens is 2. The van der Waals surface area contributed by atoms with Gasteiger partial charge in [0.1, 0.15) is 5.52 Å². The van der Waals surface area contributed by atoms with Crippen LogP contribution in [-0.4, -0.2) is 9.78 Å². The lowest BCUT2D eigenvalue weighted by Crippen LogP contribution is -2.04. The summed E-state index contributed by atoms with van der Waals surface area (Å²) >= 11 is 12.2. The van der Waals surface area contributed by atoms with Crippen molar-refractivity contribution in [3.05, 3.63) is 104 Å². The maximum absolute atomic E-state index is 12.6. The third-order valence-electron chi connectivity index (χ3n) is 4.19. The summed E-state index contributed by atoms with van der Waals surface area (Å²) in [5.41, 5.74) is 2.79. The average Bonchev–Trinajstić information content (AvgIpc) is 2.92. The van der Waals surface area contributed by atoms with Gasteiger partial charge in [-0.15, -0.1) is 0 Å². The number of para-hydroxylation sites is 1. The lowest BCUT2D eigenvalue weighted by Gasteiger charge is -2.01. The molecule has 0 atom stereocenters. The van der Waals surface area contributed by atoms with Crippen LogP contribution in [0.4, 0.5) is 0 Å². The second-order valence-corrected chi connectivity index (χ2v) is 6.82. The van der Waals surface area contributed by atoms with Gasteiger partial charge in [-0.3, -0.25) is 4.79 Å². The summed E-state index contributed by atoms with van der Waals surface area (Å²) < 4.78 is 1.68. The number of nitrogens with zero attached hydrogens (tertiary/aromatic N) is 2. The van der Waals surface area contributed by atoms with Gasteiger partial charge in [-0.1, -0.05) is 71.7 Å². The summed E-state index contributed by atoms with van der Waals surface area (Å²) in [6.07, 6.45) is 3.73. The van der Waals surface area contributed by atoms with Crippen LogP contribution in [0.15, 0.2) is 77.6 Å². The topological polar surface area (TPSA) is 34.9 Å². The Kier molecular flexibility index (Phi) is 4.80. The van der Waals surface area contributed by atoms with Crippen LogP contribution in [0.25, 0.3) is 28.7 Å². The molecule has 0 aliphatic heterocycles. The summed E-state index contributed by atoms with van der Waals surface area (Å²) in [7, 11) is 0. The molecule has 0 saturated carbocycles. The molecule has 0 spiro atoms. The minimum absolute atomic E-state index is 0.0875.